The van der Waals surface area contributed by atoms with Crippen molar-refractivity contribution in [3.8, 4) is 5.88 Å². The largest absolute Gasteiger partial charge is 0.473 e. The van der Waals surface area contributed by atoms with Gasteiger partial charge in [0.1, 0.15) is 10.8 Å². The Morgan fingerprint density at radius 1 is 1.28 bits per heavy atom. The number of ether oxygens (including phenoxy) is 1. The molecule has 0 aliphatic heterocycles. The van der Waals surface area contributed by atoms with Gasteiger partial charge in [0, 0.05) is 6.54 Å². The van der Waals surface area contributed by atoms with Crippen LogP contribution in [0.1, 0.15) is 34.1 Å². The van der Waals surface area contributed by atoms with Crippen LogP contribution in [-0.2, 0) is 0 Å². The summed E-state index contributed by atoms with van der Waals surface area (Å²) in [5.74, 6) is 1.44. The summed E-state index contributed by atoms with van der Waals surface area (Å²) in [4.78, 5) is 4.33. The van der Waals surface area contributed by atoms with Gasteiger partial charge in [0.05, 0.1) is 11.1 Å². The van der Waals surface area contributed by atoms with Crippen LogP contribution < -0.4 is 10.1 Å². The molecule has 1 atom stereocenters. The minimum Gasteiger partial charge on any atom is -0.473 e. The Balaban J connectivity index is 2.90. The molecule has 18 heavy (non-hydrogen) atoms. The number of hydrogen-bond donors (Lipinski definition) is 1. The number of pyridine rings is 1. The predicted octanol–water partition coefficient (Wildman–Crippen LogP) is 4.63. The van der Waals surface area contributed by atoms with Crippen LogP contribution in [0.3, 0.4) is 0 Å². The number of nitrogens with zero attached hydrogens (tertiary/aromatic N) is 1. The zero-order valence-electron chi connectivity index (χ0n) is 11.3. The third-order valence-corrected chi connectivity index (χ3v) is 3.24. The Labute approximate surface area is 119 Å². The van der Waals surface area contributed by atoms with E-state index in [1.165, 1.54) is 0 Å². The first-order chi connectivity index (χ1) is 8.45. The van der Waals surface area contributed by atoms with Gasteiger partial charge in [-0.3, -0.25) is 0 Å². The average Bonchev–Trinajstić information content (AvgIpc) is 2.30. The predicted molar refractivity (Wildman–Crippen MR) is 78.0 cm³/mol. The Morgan fingerprint density at radius 2 is 1.94 bits per heavy atom. The SMILES string of the molecule is CCCNc1nc(OC(C)C(C)C)c(Cl)cc1Cl. The summed E-state index contributed by atoms with van der Waals surface area (Å²) < 4.78 is 5.74. The lowest BCUT2D eigenvalue weighted by atomic mass is 10.1. The van der Waals surface area contributed by atoms with Gasteiger partial charge in [0.25, 0.3) is 0 Å². The van der Waals surface area contributed by atoms with Gasteiger partial charge < -0.3 is 10.1 Å². The third kappa shape index (κ3) is 4.21. The van der Waals surface area contributed by atoms with E-state index >= 15 is 0 Å². The molecule has 1 aromatic rings. The lowest BCUT2D eigenvalue weighted by Crippen LogP contribution is -2.19. The minimum atomic E-state index is 0.0511. The number of halogens is 2. The first-order valence-electron chi connectivity index (χ1n) is 6.22. The van der Waals surface area contributed by atoms with E-state index in [1.54, 1.807) is 6.07 Å². The normalized spacial score (nSPS) is 12.6. The molecule has 3 nitrogen and oxygen atoms in total. The zero-order valence-corrected chi connectivity index (χ0v) is 12.8. The van der Waals surface area contributed by atoms with Gasteiger partial charge in [-0.05, 0) is 25.3 Å². The molecule has 5 heteroatoms. The number of nitrogens with one attached hydrogen (secondary N) is 1. The number of aromatic nitrogens is 1. The third-order valence-electron chi connectivity index (χ3n) is 2.68. The Bertz CT molecular complexity index is 397. The highest BCUT2D eigenvalue weighted by molar-refractivity contribution is 6.36. The second-order valence-corrected chi connectivity index (χ2v) is 5.41. The van der Waals surface area contributed by atoms with Crippen LogP contribution >= 0.6 is 23.2 Å². The molecule has 1 unspecified atom stereocenters. The molecule has 0 amide bonds. The van der Waals surface area contributed by atoms with E-state index in [1.807, 2.05) is 6.92 Å². The fourth-order valence-corrected chi connectivity index (χ4v) is 1.68. The molecule has 0 aromatic carbocycles. The maximum Gasteiger partial charge on any atom is 0.234 e. The smallest absolute Gasteiger partial charge is 0.234 e. The fourth-order valence-electron chi connectivity index (χ4n) is 1.21. The molecule has 1 heterocycles. The molecule has 1 N–H and O–H groups in total. The Morgan fingerprint density at radius 3 is 2.50 bits per heavy atom. The molecule has 0 bridgehead atoms. The van der Waals surface area contributed by atoms with Crippen LogP contribution in [0.4, 0.5) is 5.82 Å². The van der Waals surface area contributed by atoms with Crippen molar-refractivity contribution < 1.29 is 4.74 Å². The second-order valence-electron chi connectivity index (χ2n) is 4.60. The van der Waals surface area contributed by atoms with Crippen LogP contribution in [0.5, 0.6) is 5.88 Å². The molecule has 0 aliphatic carbocycles. The first kappa shape index (κ1) is 15.4. The van der Waals surface area contributed by atoms with Gasteiger partial charge in [-0.2, -0.15) is 4.98 Å². The van der Waals surface area contributed by atoms with Gasteiger partial charge in [0.2, 0.25) is 5.88 Å². The van der Waals surface area contributed by atoms with Crippen molar-refractivity contribution in [3.63, 3.8) is 0 Å². The molecule has 102 valence electrons. The van der Waals surface area contributed by atoms with Crippen molar-refractivity contribution in [1.82, 2.24) is 4.98 Å². The summed E-state index contributed by atoms with van der Waals surface area (Å²) in [5, 5.41) is 4.10. The van der Waals surface area contributed by atoms with Crippen LogP contribution in [0.25, 0.3) is 0 Å². The van der Waals surface area contributed by atoms with E-state index in [4.69, 9.17) is 27.9 Å². The summed E-state index contributed by atoms with van der Waals surface area (Å²) in [6, 6.07) is 1.66. The first-order valence-corrected chi connectivity index (χ1v) is 6.97. The highest BCUT2D eigenvalue weighted by Crippen LogP contribution is 2.31. The lowest BCUT2D eigenvalue weighted by molar-refractivity contribution is 0.164. The van der Waals surface area contributed by atoms with E-state index < -0.39 is 0 Å². The van der Waals surface area contributed by atoms with Crippen molar-refractivity contribution in [3.05, 3.63) is 16.1 Å². The summed E-state index contributed by atoms with van der Waals surface area (Å²) in [6.07, 6.45) is 1.05. The topological polar surface area (TPSA) is 34.2 Å². The molecule has 1 rings (SSSR count). The van der Waals surface area contributed by atoms with Crippen molar-refractivity contribution in [1.29, 1.82) is 0 Å². The Hall–Kier alpha value is -0.670. The van der Waals surface area contributed by atoms with Crippen LogP contribution in [0, 0.1) is 5.92 Å². The quantitative estimate of drug-likeness (QED) is 0.829. The van der Waals surface area contributed by atoms with E-state index in [-0.39, 0.29) is 6.10 Å². The van der Waals surface area contributed by atoms with Crippen LogP contribution in [0.15, 0.2) is 6.07 Å². The van der Waals surface area contributed by atoms with Gasteiger partial charge >= 0.3 is 0 Å². The molecular formula is C13H20Cl2N2O. The van der Waals surface area contributed by atoms with Crippen LogP contribution in [0.2, 0.25) is 10.0 Å². The van der Waals surface area contributed by atoms with Crippen molar-refractivity contribution in [2.24, 2.45) is 5.92 Å². The molecule has 0 radical (unpaired) electrons. The molecule has 0 spiro atoms. The van der Waals surface area contributed by atoms with Gasteiger partial charge in [0.15, 0.2) is 0 Å². The average molecular weight is 291 g/mol. The number of rotatable bonds is 6. The molecule has 0 fully saturated rings. The standard InChI is InChI=1S/C13H20Cl2N2O/c1-5-6-16-12-10(14)7-11(15)13(17-12)18-9(4)8(2)3/h7-9H,5-6H2,1-4H3,(H,16,17). The summed E-state index contributed by atoms with van der Waals surface area (Å²) >= 11 is 12.2. The minimum absolute atomic E-state index is 0.0511. The molecule has 0 saturated heterocycles. The zero-order chi connectivity index (χ0) is 13.7. The second kappa shape index (κ2) is 7.05. The van der Waals surface area contributed by atoms with Gasteiger partial charge in [-0.25, -0.2) is 0 Å². The lowest BCUT2D eigenvalue weighted by Gasteiger charge is -2.19. The van der Waals surface area contributed by atoms with Crippen molar-refractivity contribution >= 4 is 29.0 Å². The van der Waals surface area contributed by atoms with Gasteiger partial charge in [-0.1, -0.05) is 44.0 Å². The summed E-state index contributed by atoms with van der Waals surface area (Å²) in [7, 11) is 0. The highest BCUT2D eigenvalue weighted by Gasteiger charge is 2.15. The summed E-state index contributed by atoms with van der Waals surface area (Å²) in [5.41, 5.74) is 0. The monoisotopic (exact) mass is 290 g/mol. The van der Waals surface area contributed by atoms with E-state index in [9.17, 15) is 0 Å². The van der Waals surface area contributed by atoms with Crippen LogP contribution in [-0.4, -0.2) is 17.6 Å². The molecule has 0 aliphatic rings. The fraction of sp³-hybridized carbons (Fsp3) is 0.615. The van der Waals surface area contributed by atoms with E-state index in [0.717, 1.165) is 13.0 Å². The number of hydrogen-bond acceptors (Lipinski definition) is 3. The maximum atomic E-state index is 6.08. The highest BCUT2D eigenvalue weighted by atomic mass is 35.5. The number of anilines is 1. The van der Waals surface area contributed by atoms with Gasteiger partial charge in [-0.15, -0.1) is 0 Å². The summed E-state index contributed by atoms with van der Waals surface area (Å²) in [6.45, 7) is 9.06. The molecule has 1 aromatic heterocycles. The van der Waals surface area contributed by atoms with E-state index in [2.05, 4.69) is 31.1 Å². The molecular weight excluding hydrogens is 271 g/mol. The Kier molecular flexibility index (Phi) is 6.03. The van der Waals surface area contributed by atoms with Crippen molar-refractivity contribution in [2.45, 2.75) is 40.2 Å². The molecule has 0 saturated carbocycles. The maximum absolute atomic E-state index is 6.08. The van der Waals surface area contributed by atoms with Crippen molar-refractivity contribution in [2.75, 3.05) is 11.9 Å². The van der Waals surface area contributed by atoms with E-state index in [0.29, 0.717) is 27.7 Å².